The molecular formula is C20H17NO2. The third-order valence-corrected chi connectivity index (χ3v) is 3.65. The molecular weight excluding hydrogens is 286 g/mol. The van der Waals surface area contributed by atoms with Crippen molar-refractivity contribution in [1.82, 2.24) is 4.98 Å². The molecule has 23 heavy (non-hydrogen) atoms. The van der Waals surface area contributed by atoms with Crippen molar-refractivity contribution in [2.45, 2.75) is 12.8 Å². The number of carboxylic acid groups (broad SMARTS) is 1. The Bertz CT molecular complexity index is 868. The molecule has 0 fully saturated rings. The molecule has 3 nitrogen and oxygen atoms in total. The van der Waals surface area contributed by atoms with Crippen LogP contribution in [0.2, 0.25) is 0 Å². The molecule has 0 radical (unpaired) electrons. The van der Waals surface area contributed by atoms with Crippen LogP contribution in [0, 0.1) is 0 Å². The molecule has 0 aliphatic heterocycles. The zero-order valence-corrected chi connectivity index (χ0v) is 12.6. The minimum Gasteiger partial charge on any atom is -0.481 e. The number of aromatic nitrogens is 1. The van der Waals surface area contributed by atoms with E-state index in [0.29, 0.717) is 6.42 Å². The van der Waals surface area contributed by atoms with E-state index in [4.69, 9.17) is 5.11 Å². The van der Waals surface area contributed by atoms with Crippen molar-refractivity contribution in [1.29, 1.82) is 0 Å². The fraction of sp³-hybridized carbons (Fsp3) is 0.100. The van der Waals surface area contributed by atoms with Crippen LogP contribution < -0.4 is 0 Å². The number of rotatable bonds is 5. The lowest BCUT2D eigenvalue weighted by atomic mass is 10.1. The molecule has 0 amide bonds. The van der Waals surface area contributed by atoms with Gasteiger partial charge in [-0.2, -0.15) is 0 Å². The highest BCUT2D eigenvalue weighted by atomic mass is 16.4. The summed E-state index contributed by atoms with van der Waals surface area (Å²) in [6.07, 6.45) is 4.68. The second-order valence-corrected chi connectivity index (χ2v) is 5.40. The Morgan fingerprint density at radius 1 is 1.00 bits per heavy atom. The molecule has 0 saturated carbocycles. The lowest BCUT2D eigenvalue weighted by Gasteiger charge is -2.01. The topological polar surface area (TPSA) is 50.2 Å². The smallest absolute Gasteiger partial charge is 0.303 e. The summed E-state index contributed by atoms with van der Waals surface area (Å²) in [5, 5.41) is 9.89. The second kappa shape index (κ2) is 6.88. The van der Waals surface area contributed by atoms with E-state index in [2.05, 4.69) is 11.1 Å². The molecule has 1 N–H and O–H groups in total. The van der Waals surface area contributed by atoms with Crippen molar-refractivity contribution in [3.8, 4) is 0 Å². The maximum atomic E-state index is 10.7. The van der Waals surface area contributed by atoms with Crippen molar-refractivity contribution in [2.24, 2.45) is 0 Å². The van der Waals surface area contributed by atoms with Crippen LogP contribution in [0.1, 0.15) is 23.2 Å². The molecule has 3 rings (SSSR count). The summed E-state index contributed by atoms with van der Waals surface area (Å²) in [6.45, 7) is 0. The van der Waals surface area contributed by atoms with Gasteiger partial charge in [0.2, 0.25) is 0 Å². The first-order valence-corrected chi connectivity index (χ1v) is 7.55. The Morgan fingerprint density at radius 2 is 1.87 bits per heavy atom. The van der Waals surface area contributed by atoms with Gasteiger partial charge in [-0.05, 0) is 35.8 Å². The summed E-state index contributed by atoms with van der Waals surface area (Å²) >= 11 is 0. The largest absolute Gasteiger partial charge is 0.481 e. The second-order valence-electron chi connectivity index (χ2n) is 5.40. The van der Waals surface area contributed by atoms with Gasteiger partial charge < -0.3 is 5.11 Å². The molecule has 0 bridgehead atoms. The number of aliphatic carboxylic acids is 1. The third kappa shape index (κ3) is 4.04. The molecule has 0 saturated heterocycles. The maximum Gasteiger partial charge on any atom is 0.303 e. The number of para-hydroxylation sites is 1. The number of hydrogen-bond acceptors (Lipinski definition) is 2. The monoisotopic (exact) mass is 303 g/mol. The highest BCUT2D eigenvalue weighted by Gasteiger charge is 2.00. The first kappa shape index (κ1) is 15.0. The molecule has 1 heterocycles. The minimum absolute atomic E-state index is 0.152. The van der Waals surface area contributed by atoms with Crippen molar-refractivity contribution >= 4 is 29.0 Å². The standard InChI is InChI=1S/C20H17NO2/c22-20(23)13-9-16-5-3-4-15(14-16)8-11-18-12-10-17-6-1-2-7-19(17)21-18/h1-8,10-12,14H,9,13H2,(H,22,23). The Balaban J connectivity index is 1.78. The number of aryl methyl sites for hydroxylation is 1. The molecule has 2 aromatic carbocycles. The fourth-order valence-corrected chi connectivity index (χ4v) is 2.46. The number of pyridine rings is 1. The Kier molecular flexibility index (Phi) is 4.48. The summed E-state index contributed by atoms with van der Waals surface area (Å²) in [6, 6.07) is 20.0. The first-order chi connectivity index (χ1) is 11.2. The quantitative estimate of drug-likeness (QED) is 0.759. The predicted octanol–water partition coefficient (Wildman–Crippen LogP) is 4.42. The van der Waals surface area contributed by atoms with E-state index in [1.807, 2.05) is 66.7 Å². The number of benzene rings is 2. The van der Waals surface area contributed by atoms with Gasteiger partial charge in [-0.3, -0.25) is 4.79 Å². The van der Waals surface area contributed by atoms with Crippen LogP contribution in [0.25, 0.3) is 23.1 Å². The number of carboxylic acids is 1. The van der Waals surface area contributed by atoms with Crippen molar-refractivity contribution in [2.75, 3.05) is 0 Å². The van der Waals surface area contributed by atoms with Crippen LogP contribution in [-0.2, 0) is 11.2 Å². The Morgan fingerprint density at radius 3 is 2.74 bits per heavy atom. The van der Waals surface area contributed by atoms with Crippen molar-refractivity contribution in [3.63, 3.8) is 0 Å². The molecule has 3 aromatic rings. The van der Waals surface area contributed by atoms with Gasteiger partial charge in [0, 0.05) is 11.8 Å². The molecule has 0 unspecified atom stereocenters. The van der Waals surface area contributed by atoms with Crippen LogP contribution in [0.15, 0.2) is 60.7 Å². The molecule has 0 aliphatic carbocycles. The Labute approximate surface area is 134 Å². The van der Waals surface area contributed by atoms with Crippen molar-refractivity contribution < 1.29 is 9.90 Å². The van der Waals surface area contributed by atoms with E-state index in [9.17, 15) is 4.79 Å². The van der Waals surface area contributed by atoms with E-state index >= 15 is 0 Å². The van der Waals surface area contributed by atoms with E-state index in [1.165, 1.54) is 0 Å². The zero-order chi connectivity index (χ0) is 16.1. The number of fused-ring (bicyclic) bond motifs is 1. The summed E-state index contributed by atoms with van der Waals surface area (Å²) in [4.78, 5) is 15.3. The van der Waals surface area contributed by atoms with Gasteiger partial charge in [0.1, 0.15) is 0 Å². The normalized spacial score (nSPS) is 11.1. The first-order valence-electron chi connectivity index (χ1n) is 7.55. The van der Waals surface area contributed by atoms with Crippen LogP contribution in [0.4, 0.5) is 0 Å². The average Bonchev–Trinajstić information content (AvgIpc) is 2.58. The van der Waals surface area contributed by atoms with E-state index in [-0.39, 0.29) is 6.42 Å². The number of nitrogens with zero attached hydrogens (tertiary/aromatic N) is 1. The highest BCUT2D eigenvalue weighted by molar-refractivity contribution is 5.80. The zero-order valence-electron chi connectivity index (χ0n) is 12.6. The van der Waals surface area contributed by atoms with Gasteiger partial charge in [0.05, 0.1) is 11.2 Å². The molecule has 3 heteroatoms. The minimum atomic E-state index is -0.772. The lowest BCUT2D eigenvalue weighted by molar-refractivity contribution is -0.136. The lowest BCUT2D eigenvalue weighted by Crippen LogP contribution is -1.97. The molecule has 1 aromatic heterocycles. The van der Waals surface area contributed by atoms with Gasteiger partial charge in [-0.1, -0.05) is 54.6 Å². The van der Waals surface area contributed by atoms with Crippen LogP contribution in [-0.4, -0.2) is 16.1 Å². The SMILES string of the molecule is O=C(O)CCc1cccc(C=Cc2ccc3ccccc3n2)c1. The van der Waals surface area contributed by atoms with Crippen molar-refractivity contribution in [3.05, 3.63) is 77.5 Å². The van der Waals surface area contributed by atoms with Gasteiger partial charge in [0.15, 0.2) is 0 Å². The summed E-state index contributed by atoms with van der Waals surface area (Å²) in [7, 11) is 0. The fourth-order valence-electron chi connectivity index (χ4n) is 2.46. The van der Waals surface area contributed by atoms with Gasteiger partial charge in [-0.15, -0.1) is 0 Å². The highest BCUT2D eigenvalue weighted by Crippen LogP contribution is 2.15. The summed E-state index contributed by atoms with van der Waals surface area (Å²) < 4.78 is 0. The predicted molar refractivity (Wildman–Crippen MR) is 93.1 cm³/mol. The summed E-state index contributed by atoms with van der Waals surface area (Å²) in [5.41, 5.74) is 3.95. The Hall–Kier alpha value is -2.94. The molecule has 0 atom stereocenters. The number of carbonyl (C=O) groups is 1. The maximum absolute atomic E-state index is 10.7. The molecule has 0 spiro atoms. The average molecular weight is 303 g/mol. The van der Waals surface area contributed by atoms with E-state index in [1.54, 1.807) is 0 Å². The number of hydrogen-bond donors (Lipinski definition) is 1. The van der Waals surface area contributed by atoms with Crippen LogP contribution in [0.5, 0.6) is 0 Å². The van der Waals surface area contributed by atoms with Crippen LogP contribution in [0.3, 0.4) is 0 Å². The van der Waals surface area contributed by atoms with Crippen LogP contribution >= 0.6 is 0 Å². The molecule has 114 valence electrons. The van der Waals surface area contributed by atoms with E-state index in [0.717, 1.165) is 27.7 Å². The molecule has 0 aliphatic rings. The third-order valence-electron chi connectivity index (χ3n) is 3.65. The van der Waals surface area contributed by atoms with Gasteiger partial charge in [0.25, 0.3) is 0 Å². The van der Waals surface area contributed by atoms with Gasteiger partial charge >= 0.3 is 5.97 Å². The van der Waals surface area contributed by atoms with E-state index < -0.39 is 5.97 Å². The van der Waals surface area contributed by atoms with Gasteiger partial charge in [-0.25, -0.2) is 4.98 Å². The summed E-state index contributed by atoms with van der Waals surface area (Å²) in [5.74, 6) is -0.772.